The number of halogens is 3. The van der Waals surface area contributed by atoms with Crippen LogP contribution in [0.2, 0.25) is 5.02 Å². The average Bonchev–Trinajstić information content (AvgIpc) is 3.22. The van der Waals surface area contributed by atoms with Gasteiger partial charge >= 0.3 is 0 Å². The molecule has 3 heterocycles. The van der Waals surface area contributed by atoms with Crippen molar-refractivity contribution in [3.05, 3.63) is 110 Å². The van der Waals surface area contributed by atoms with Gasteiger partial charge in [0.05, 0.1) is 21.4 Å². The first kappa shape index (κ1) is 31.6. The summed E-state index contributed by atoms with van der Waals surface area (Å²) in [6.45, 7) is 6.44. The lowest BCUT2D eigenvalue weighted by Gasteiger charge is -2.37. The molecule has 6 rings (SSSR count). The predicted molar refractivity (Wildman–Crippen MR) is 169 cm³/mol. The van der Waals surface area contributed by atoms with Gasteiger partial charge in [-0.05, 0) is 49.1 Å². The van der Waals surface area contributed by atoms with Gasteiger partial charge in [-0.3, -0.25) is 9.69 Å². The summed E-state index contributed by atoms with van der Waals surface area (Å²) >= 11 is 5.87. The third-order valence-electron chi connectivity index (χ3n) is 7.95. The zero-order valence-electron chi connectivity index (χ0n) is 25.3. The molecule has 0 fully saturated rings. The van der Waals surface area contributed by atoms with E-state index in [1.165, 1.54) is 42.5 Å². The molecule has 0 radical (unpaired) electrons. The Labute approximate surface area is 269 Å². The molecule has 0 spiro atoms. The van der Waals surface area contributed by atoms with E-state index in [2.05, 4.69) is 10.3 Å². The zero-order chi connectivity index (χ0) is 33.1. The Morgan fingerprint density at radius 1 is 1.17 bits per heavy atom. The van der Waals surface area contributed by atoms with Crippen LogP contribution < -0.4 is 15.0 Å². The largest absolute Gasteiger partial charge is 0.506 e. The Bertz CT molecular complexity index is 2040. The van der Waals surface area contributed by atoms with E-state index in [4.69, 9.17) is 20.8 Å². The number of nitrogens with zero attached hydrogens (tertiary/aromatic N) is 2. The van der Waals surface area contributed by atoms with Crippen LogP contribution in [0.25, 0.3) is 0 Å². The number of para-hydroxylation sites is 1. The van der Waals surface area contributed by atoms with Crippen LogP contribution in [0.15, 0.2) is 69.6 Å². The minimum atomic E-state index is -4.13. The molecule has 13 heteroatoms. The molecule has 0 bridgehead atoms. The second-order valence-electron chi connectivity index (χ2n) is 12.1. The van der Waals surface area contributed by atoms with Gasteiger partial charge < -0.3 is 19.6 Å². The van der Waals surface area contributed by atoms with Crippen molar-refractivity contribution in [2.75, 3.05) is 16.0 Å². The van der Waals surface area contributed by atoms with Crippen molar-refractivity contribution in [2.45, 2.75) is 46.8 Å². The number of amides is 1. The van der Waals surface area contributed by atoms with Crippen LogP contribution in [0.4, 0.5) is 20.2 Å². The molecule has 2 N–H and O–H groups in total. The molecular weight excluding hydrogens is 640 g/mol. The molecule has 2 aliphatic heterocycles. The standard InChI is InChI=1S/C33H30ClF2N3O6S/c1-17-28(37-18(2)45-17)32(41)39-25-9-6-10-26(40)29(25)38-24-14-33(3,4)16-46(42,43)31(24)30(39)21-12-11-20(13-23(21)35)44-15-19-7-5-8-22(34)27(19)36/h5-13,30,38,40H,14-16H2,1-4H3. The van der Waals surface area contributed by atoms with Crippen molar-refractivity contribution in [1.82, 2.24) is 4.98 Å². The van der Waals surface area contributed by atoms with Crippen LogP contribution in [0.3, 0.4) is 0 Å². The number of hydrogen-bond acceptors (Lipinski definition) is 8. The molecule has 1 aromatic heterocycles. The number of carbonyl (C=O) groups is 1. The maximum absolute atomic E-state index is 16.3. The van der Waals surface area contributed by atoms with Gasteiger partial charge in [0.15, 0.2) is 21.4 Å². The van der Waals surface area contributed by atoms with Crippen molar-refractivity contribution in [2.24, 2.45) is 5.41 Å². The summed E-state index contributed by atoms with van der Waals surface area (Å²) in [5.41, 5.74) is -0.397. The highest BCUT2D eigenvalue weighted by Crippen LogP contribution is 2.52. The van der Waals surface area contributed by atoms with Crippen LogP contribution in [-0.2, 0) is 16.4 Å². The van der Waals surface area contributed by atoms with Crippen molar-refractivity contribution in [3.63, 3.8) is 0 Å². The van der Waals surface area contributed by atoms with Crippen LogP contribution in [0.5, 0.6) is 11.5 Å². The summed E-state index contributed by atoms with van der Waals surface area (Å²) in [6.07, 6.45) is 0.226. The Morgan fingerprint density at radius 3 is 2.61 bits per heavy atom. The van der Waals surface area contributed by atoms with Gasteiger partial charge in [-0.15, -0.1) is 0 Å². The van der Waals surface area contributed by atoms with Gasteiger partial charge in [0.25, 0.3) is 5.91 Å². The normalized spacial score (nSPS) is 18.3. The predicted octanol–water partition coefficient (Wildman–Crippen LogP) is 7.38. The Hall–Kier alpha value is -4.42. The van der Waals surface area contributed by atoms with E-state index >= 15 is 4.39 Å². The lowest BCUT2D eigenvalue weighted by atomic mass is 9.88. The first-order valence-corrected chi connectivity index (χ1v) is 16.4. The number of phenolic OH excluding ortho intramolecular Hbond substituents is 1. The molecule has 1 unspecified atom stereocenters. The van der Waals surface area contributed by atoms with Crippen molar-refractivity contribution in [1.29, 1.82) is 0 Å². The quantitative estimate of drug-likeness (QED) is 0.211. The number of oxazole rings is 1. The van der Waals surface area contributed by atoms with Crippen LogP contribution >= 0.6 is 11.6 Å². The molecule has 9 nitrogen and oxygen atoms in total. The second kappa shape index (κ2) is 11.4. The lowest BCUT2D eigenvalue weighted by Crippen LogP contribution is -2.41. The number of hydrogen-bond donors (Lipinski definition) is 2. The fraction of sp³-hybridized carbons (Fsp3) is 0.273. The molecule has 0 saturated heterocycles. The smallest absolute Gasteiger partial charge is 0.281 e. The Balaban J connectivity index is 1.55. The third-order valence-corrected chi connectivity index (χ3v) is 10.5. The summed E-state index contributed by atoms with van der Waals surface area (Å²) in [6, 6.07) is 11.1. The molecule has 240 valence electrons. The molecular formula is C33H30ClF2N3O6S. The minimum Gasteiger partial charge on any atom is -0.506 e. The summed E-state index contributed by atoms with van der Waals surface area (Å²) in [7, 11) is -4.13. The van der Waals surface area contributed by atoms with E-state index < -0.39 is 38.8 Å². The minimum absolute atomic E-state index is 0.0353. The third kappa shape index (κ3) is 5.60. The number of sulfone groups is 1. The SMILES string of the molecule is Cc1nc(C(=O)N2c3cccc(O)c3NC3=C(C2c2ccc(OCc4cccc(Cl)c4F)cc2F)S(=O)(=O)CC(C)(C)C3)c(C)o1. The van der Waals surface area contributed by atoms with Crippen molar-refractivity contribution in [3.8, 4) is 11.5 Å². The number of ether oxygens (including phenoxy) is 1. The van der Waals surface area contributed by atoms with Gasteiger partial charge in [-0.25, -0.2) is 22.2 Å². The topological polar surface area (TPSA) is 122 Å². The highest BCUT2D eigenvalue weighted by atomic mass is 35.5. The van der Waals surface area contributed by atoms with E-state index in [-0.39, 0.29) is 85.8 Å². The molecule has 0 aliphatic carbocycles. The number of aromatic hydroxyl groups is 1. The van der Waals surface area contributed by atoms with Gasteiger partial charge in [0.2, 0.25) is 0 Å². The van der Waals surface area contributed by atoms with E-state index in [1.54, 1.807) is 33.8 Å². The molecule has 1 atom stereocenters. The van der Waals surface area contributed by atoms with Crippen LogP contribution in [0.1, 0.15) is 59.6 Å². The number of phenols is 1. The van der Waals surface area contributed by atoms with Crippen molar-refractivity contribution >= 4 is 38.7 Å². The molecule has 4 aromatic rings. The second-order valence-corrected chi connectivity index (χ2v) is 14.5. The number of aromatic nitrogens is 1. The maximum atomic E-state index is 16.3. The highest BCUT2D eigenvalue weighted by molar-refractivity contribution is 7.95. The zero-order valence-corrected chi connectivity index (χ0v) is 26.9. The number of aryl methyl sites for hydroxylation is 2. The number of fused-ring (bicyclic) bond motifs is 1. The van der Waals surface area contributed by atoms with Crippen LogP contribution in [-0.4, -0.2) is 30.2 Å². The summed E-state index contributed by atoms with van der Waals surface area (Å²) in [4.78, 5) is 19.6. The number of anilines is 2. The monoisotopic (exact) mass is 669 g/mol. The van der Waals surface area contributed by atoms with Crippen LogP contribution in [0, 0.1) is 30.9 Å². The fourth-order valence-corrected chi connectivity index (χ4v) is 8.64. The van der Waals surface area contributed by atoms with E-state index in [0.29, 0.717) is 0 Å². The van der Waals surface area contributed by atoms with Crippen molar-refractivity contribution < 1.29 is 36.3 Å². The molecule has 2 aliphatic rings. The summed E-state index contributed by atoms with van der Waals surface area (Å²) in [5, 5.41) is 14.0. The Morgan fingerprint density at radius 2 is 1.91 bits per heavy atom. The van der Waals surface area contributed by atoms with Gasteiger partial charge in [-0.2, -0.15) is 0 Å². The number of nitrogens with one attached hydrogen (secondary N) is 1. The fourth-order valence-electron chi connectivity index (χ4n) is 6.09. The van der Waals surface area contributed by atoms with E-state index in [0.717, 1.165) is 11.0 Å². The number of allylic oxidation sites excluding steroid dienone is 1. The average molecular weight is 670 g/mol. The van der Waals surface area contributed by atoms with E-state index in [1.807, 2.05) is 0 Å². The highest BCUT2D eigenvalue weighted by Gasteiger charge is 2.48. The van der Waals surface area contributed by atoms with Gasteiger partial charge in [0, 0.05) is 29.8 Å². The lowest BCUT2D eigenvalue weighted by molar-refractivity contribution is 0.0974. The first-order valence-electron chi connectivity index (χ1n) is 14.3. The first-order chi connectivity index (χ1) is 21.7. The molecule has 3 aromatic carbocycles. The number of benzene rings is 3. The number of rotatable bonds is 5. The summed E-state index contributed by atoms with van der Waals surface area (Å²) < 4.78 is 70.3. The van der Waals surface area contributed by atoms with Gasteiger partial charge in [-0.1, -0.05) is 43.6 Å². The maximum Gasteiger partial charge on any atom is 0.281 e. The number of carbonyl (C=O) groups excluding carboxylic acids is 1. The molecule has 46 heavy (non-hydrogen) atoms. The summed E-state index contributed by atoms with van der Waals surface area (Å²) in [5.74, 6) is -2.39. The molecule has 1 amide bonds. The Kier molecular flexibility index (Phi) is 7.84. The molecule has 0 saturated carbocycles. The van der Waals surface area contributed by atoms with E-state index in [9.17, 15) is 22.7 Å². The van der Waals surface area contributed by atoms with Gasteiger partial charge in [0.1, 0.15) is 47.2 Å².